The first-order valence-corrected chi connectivity index (χ1v) is 1.47. The van der Waals surface area contributed by atoms with E-state index in [0.29, 0.717) is 0 Å². The molecule has 6 heavy (non-hydrogen) atoms. The average Bonchev–Trinajstić information content (AvgIpc) is 1.35. The molecule has 0 amide bonds. The maximum absolute atomic E-state index is 8.12. The monoisotopic (exact) mass is 84.0 g/mol. The van der Waals surface area contributed by atoms with Gasteiger partial charge in [0.15, 0.2) is 6.21 Å². The molecule has 0 aliphatic carbocycles. The van der Waals surface area contributed by atoms with E-state index >= 15 is 0 Å². The Morgan fingerprint density at radius 3 is 2.50 bits per heavy atom. The Bertz CT molecular complexity index is 75.6. The standard InChI is InChI=1S/C4H5NO/c1-3-5-4(2)6/h3H,1-2H2/p+1. The van der Waals surface area contributed by atoms with Crippen molar-refractivity contribution in [2.75, 3.05) is 0 Å². The molecule has 0 aliphatic rings. The van der Waals surface area contributed by atoms with Crippen molar-refractivity contribution in [2.45, 2.75) is 0 Å². The molecule has 0 rings (SSSR count). The van der Waals surface area contributed by atoms with E-state index in [9.17, 15) is 0 Å². The number of hydrogen-bond donors (Lipinski definition) is 1. The largest absolute Gasteiger partial charge is 0.494 e. The maximum Gasteiger partial charge on any atom is 0.206 e. The lowest BCUT2D eigenvalue weighted by Gasteiger charge is -1.73. The first-order valence-electron chi connectivity index (χ1n) is 1.47. The van der Waals surface area contributed by atoms with Crippen LogP contribution >= 0.6 is 0 Å². The highest BCUT2D eigenvalue weighted by molar-refractivity contribution is 5.62. The van der Waals surface area contributed by atoms with Crippen LogP contribution in [-0.4, -0.2) is 11.3 Å². The minimum atomic E-state index is -0.204. The van der Waals surface area contributed by atoms with E-state index in [2.05, 4.69) is 18.5 Å². The summed E-state index contributed by atoms with van der Waals surface area (Å²) >= 11 is 0. The maximum atomic E-state index is 8.12. The van der Waals surface area contributed by atoms with Crippen molar-refractivity contribution in [3.05, 3.63) is 19.4 Å². The molecule has 0 saturated heterocycles. The Morgan fingerprint density at radius 1 is 2.00 bits per heavy atom. The van der Waals surface area contributed by atoms with Crippen molar-refractivity contribution in [1.82, 2.24) is 0 Å². The molecular formula is C4H6NO+. The fraction of sp³-hybridized carbons (Fsp3) is 0. The predicted octanol–water partition coefficient (Wildman–Crippen LogP) is 0.920. The zero-order chi connectivity index (χ0) is 4.99. The van der Waals surface area contributed by atoms with Crippen molar-refractivity contribution >= 4 is 6.21 Å². The molecule has 0 saturated carbocycles. The van der Waals surface area contributed by atoms with Gasteiger partial charge < -0.3 is 5.11 Å². The molecule has 0 radical (unpaired) electrons. The van der Waals surface area contributed by atoms with E-state index in [-0.39, 0.29) is 5.88 Å². The molecule has 0 atom stereocenters. The highest BCUT2D eigenvalue weighted by atomic mass is 16.3. The van der Waals surface area contributed by atoms with Crippen LogP contribution in [0.1, 0.15) is 0 Å². The smallest absolute Gasteiger partial charge is 0.206 e. The molecule has 32 valence electrons. The van der Waals surface area contributed by atoms with Crippen LogP contribution < -0.4 is 0 Å². The molecule has 0 spiro atoms. The van der Waals surface area contributed by atoms with E-state index in [0.717, 1.165) is 0 Å². The molecule has 0 fully saturated rings. The van der Waals surface area contributed by atoms with Crippen molar-refractivity contribution in [1.29, 1.82) is 0 Å². The Kier molecular flexibility index (Phi) is 1.97. The van der Waals surface area contributed by atoms with Crippen LogP contribution in [0.3, 0.4) is 0 Å². The predicted molar refractivity (Wildman–Crippen MR) is 25.6 cm³/mol. The minimum Gasteiger partial charge on any atom is -0.494 e. The van der Waals surface area contributed by atoms with E-state index in [1.165, 1.54) is 6.21 Å². The summed E-state index contributed by atoms with van der Waals surface area (Å²) in [5, 5.41) is 8.12. The first kappa shape index (κ1) is 5.08. The van der Waals surface area contributed by atoms with E-state index in [1.807, 2.05) is 0 Å². The normalized spacial score (nSPS) is 9.33. The summed E-state index contributed by atoms with van der Waals surface area (Å²) in [6.07, 6.45) is 1.22. The van der Waals surface area contributed by atoms with Crippen LogP contribution in [0.5, 0.6) is 0 Å². The van der Waals surface area contributed by atoms with Gasteiger partial charge in [-0.05, 0) is 6.58 Å². The third-order valence-corrected chi connectivity index (χ3v) is 0.240. The fourth-order valence-corrected chi connectivity index (χ4v) is 0.105. The number of aliphatic imine (C=N–C) groups is 1. The molecule has 0 unspecified atom stereocenters. The Morgan fingerprint density at radius 2 is 2.50 bits per heavy atom. The number of rotatable bonds is 1. The third-order valence-electron chi connectivity index (χ3n) is 0.240. The minimum absolute atomic E-state index is 0.204. The number of aliphatic hydroxyl groups excluding tert-OH is 1. The quantitative estimate of drug-likeness (QED) is 0.286. The van der Waals surface area contributed by atoms with Crippen LogP contribution in [0.15, 0.2) is 17.5 Å². The Labute approximate surface area is 36.8 Å². The van der Waals surface area contributed by atoms with Gasteiger partial charge in [0.2, 0.25) is 5.88 Å². The molecule has 2 heteroatoms. The molecule has 0 aromatic rings. The second-order valence-electron chi connectivity index (χ2n) is 0.728. The SMILES string of the molecule is C=C(O)N=C[CH2+]. The van der Waals surface area contributed by atoms with Gasteiger partial charge in [0, 0.05) is 0 Å². The summed E-state index contributed by atoms with van der Waals surface area (Å²) in [6, 6.07) is 0. The van der Waals surface area contributed by atoms with E-state index < -0.39 is 0 Å². The van der Waals surface area contributed by atoms with Crippen molar-refractivity contribution in [3.8, 4) is 0 Å². The van der Waals surface area contributed by atoms with Gasteiger partial charge in [-0.2, -0.15) is 4.99 Å². The summed E-state index contributed by atoms with van der Waals surface area (Å²) in [5.74, 6) is -0.204. The van der Waals surface area contributed by atoms with Gasteiger partial charge in [-0.3, -0.25) is 0 Å². The zero-order valence-corrected chi connectivity index (χ0v) is 3.39. The molecule has 0 aliphatic heterocycles. The van der Waals surface area contributed by atoms with Gasteiger partial charge in [0.25, 0.3) is 0 Å². The summed E-state index contributed by atoms with van der Waals surface area (Å²) in [5.41, 5.74) is 0. The summed E-state index contributed by atoms with van der Waals surface area (Å²) in [7, 11) is 0. The molecule has 0 heterocycles. The van der Waals surface area contributed by atoms with Gasteiger partial charge in [-0.25, -0.2) is 0 Å². The van der Waals surface area contributed by atoms with Crippen molar-refractivity contribution in [2.24, 2.45) is 4.99 Å². The van der Waals surface area contributed by atoms with Crippen LogP contribution in [0.2, 0.25) is 0 Å². The first-order chi connectivity index (χ1) is 2.77. The lowest BCUT2D eigenvalue weighted by molar-refractivity contribution is 0.410. The summed E-state index contributed by atoms with van der Waals surface area (Å²) in [6.45, 7) is 6.28. The molecule has 0 bridgehead atoms. The summed E-state index contributed by atoms with van der Waals surface area (Å²) in [4.78, 5) is 3.25. The van der Waals surface area contributed by atoms with Crippen molar-refractivity contribution < 1.29 is 5.11 Å². The lowest BCUT2D eigenvalue weighted by atomic mass is 10.8. The average molecular weight is 84.1 g/mol. The summed E-state index contributed by atoms with van der Waals surface area (Å²) < 4.78 is 0. The van der Waals surface area contributed by atoms with Crippen LogP contribution in [-0.2, 0) is 0 Å². The second kappa shape index (κ2) is 2.33. The lowest BCUT2D eigenvalue weighted by Crippen LogP contribution is -1.66. The Hall–Kier alpha value is -0.920. The molecule has 0 aromatic carbocycles. The highest BCUT2D eigenvalue weighted by Crippen LogP contribution is 1.77. The van der Waals surface area contributed by atoms with Crippen LogP contribution in [0.25, 0.3) is 0 Å². The van der Waals surface area contributed by atoms with E-state index in [1.54, 1.807) is 0 Å². The third kappa shape index (κ3) is 3.08. The van der Waals surface area contributed by atoms with E-state index in [4.69, 9.17) is 5.11 Å². The Balaban J connectivity index is 3.30. The highest BCUT2D eigenvalue weighted by Gasteiger charge is 1.71. The molecule has 1 N–H and O–H groups in total. The van der Waals surface area contributed by atoms with Gasteiger partial charge >= 0.3 is 0 Å². The van der Waals surface area contributed by atoms with Crippen LogP contribution in [0.4, 0.5) is 0 Å². The number of nitrogens with zero attached hydrogens (tertiary/aromatic N) is 1. The van der Waals surface area contributed by atoms with Gasteiger partial charge in [0.1, 0.15) is 6.92 Å². The van der Waals surface area contributed by atoms with Gasteiger partial charge in [0.05, 0.1) is 0 Å². The molecule has 0 aromatic heterocycles. The zero-order valence-electron chi connectivity index (χ0n) is 3.39. The van der Waals surface area contributed by atoms with Crippen LogP contribution in [0, 0.1) is 6.92 Å². The molecule has 2 nitrogen and oxygen atoms in total. The van der Waals surface area contributed by atoms with Crippen molar-refractivity contribution in [3.63, 3.8) is 0 Å². The number of hydrogen-bond acceptors (Lipinski definition) is 2. The van der Waals surface area contributed by atoms with Gasteiger partial charge in [-0.15, -0.1) is 0 Å². The van der Waals surface area contributed by atoms with Gasteiger partial charge in [-0.1, -0.05) is 0 Å². The topological polar surface area (TPSA) is 32.6 Å². The molecular weight excluding hydrogens is 78.0 g/mol. The number of aliphatic hydroxyl groups is 1. The second-order valence-corrected chi connectivity index (χ2v) is 0.728. The fourth-order valence-electron chi connectivity index (χ4n) is 0.105.